The van der Waals surface area contributed by atoms with Crippen LogP contribution in [0.3, 0.4) is 0 Å². The van der Waals surface area contributed by atoms with E-state index in [4.69, 9.17) is 0 Å². The van der Waals surface area contributed by atoms with Crippen LogP contribution < -0.4 is 0 Å². The van der Waals surface area contributed by atoms with Crippen LogP contribution in [0.1, 0.15) is 39.8 Å². The summed E-state index contributed by atoms with van der Waals surface area (Å²) in [7, 11) is 0. The lowest BCUT2D eigenvalue weighted by molar-refractivity contribution is -0.143. The minimum Gasteiger partial charge on any atom is -0.481 e. The van der Waals surface area contributed by atoms with E-state index in [1.54, 1.807) is 0 Å². The van der Waals surface area contributed by atoms with Crippen LogP contribution >= 0.6 is 11.3 Å². The van der Waals surface area contributed by atoms with E-state index in [9.17, 15) is 9.90 Å². The second-order valence-corrected chi connectivity index (χ2v) is 7.76. The SMILES string of the molecule is Cc1cccc(C(c2ccc(C)s2)N2CCCC(C(=O)O)C2)c1. The number of benzene rings is 1. The van der Waals surface area contributed by atoms with Crippen LogP contribution in [0.25, 0.3) is 0 Å². The maximum atomic E-state index is 11.4. The number of thiophene rings is 1. The molecule has 2 unspecified atom stereocenters. The van der Waals surface area contributed by atoms with Crippen LogP contribution in [0.4, 0.5) is 0 Å². The van der Waals surface area contributed by atoms with Crippen molar-refractivity contribution in [2.45, 2.75) is 32.7 Å². The van der Waals surface area contributed by atoms with Gasteiger partial charge in [-0.2, -0.15) is 0 Å². The van der Waals surface area contributed by atoms with Crippen molar-refractivity contribution in [1.29, 1.82) is 0 Å². The molecule has 2 heterocycles. The molecule has 2 atom stereocenters. The molecule has 1 saturated heterocycles. The van der Waals surface area contributed by atoms with Gasteiger partial charge in [-0.25, -0.2) is 0 Å². The van der Waals surface area contributed by atoms with Crippen LogP contribution in [-0.2, 0) is 4.79 Å². The van der Waals surface area contributed by atoms with E-state index in [1.165, 1.54) is 20.9 Å². The number of piperidine rings is 1. The average molecular weight is 329 g/mol. The highest BCUT2D eigenvalue weighted by molar-refractivity contribution is 7.12. The van der Waals surface area contributed by atoms with Crippen LogP contribution in [0.15, 0.2) is 36.4 Å². The van der Waals surface area contributed by atoms with E-state index >= 15 is 0 Å². The molecule has 0 spiro atoms. The van der Waals surface area contributed by atoms with E-state index < -0.39 is 5.97 Å². The zero-order valence-corrected chi connectivity index (χ0v) is 14.5. The monoisotopic (exact) mass is 329 g/mol. The van der Waals surface area contributed by atoms with Gasteiger partial charge in [0.1, 0.15) is 0 Å². The number of hydrogen-bond acceptors (Lipinski definition) is 3. The lowest BCUT2D eigenvalue weighted by Crippen LogP contribution is -2.41. The van der Waals surface area contributed by atoms with E-state index in [-0.39, 0.29) is 12.0 Å². The molecule has 2 aromatic rings. The fraction of sp³-hybridized carbons (Fsp3) is 0.421. The highest BCUT2D eigenvalue weighted by atomic mass is 32.1. The number of hydrogen-bond donors (Lipinski definition) is 1. The second kappa shape index (κ2) is 6.85. The summed E-state index contributed by atoms with van der Waals surface area (Å²) in [4.78, 5) is 16.4. The average Bonchev–Trinajstić information content (AvgIpc) is 2.94. The van der Waals surface area contributed by atoms with Crippen LogP contribution in [0.2, 0.25) is 0 Å². The molecular formula is C19H23NO2S. The second-order valence-electron chi connectivity index (χ2n) is 6.44. The van der Waals surface area contributed by atoms with Gasteiger partial charge in [-0.1, -0.05) is 29.8 Å². The van der Waals surface area contributed by atoms with Crippen LogP contribution in [-0.4, -0.2) is 29.1 Å². The predicted octanol–water partition coefficient (Wildman–Crippen LogP) is 4.25. The van der Waals surface area contributed by atoms with Crippen molar-refractivity contribution in [3.8, 4) is 0 Å². The van der Waals surface area contributed by atoms with Crippen molar-refractivity contribution in [2.75, 3.05) is 13.1 Å². The number of carboxylic acids is 1. The Morgan fingerprint density at radius 3 is 2.78 bits per heavy atom. The fourth-order valence-corrected chi connectivity index (χ4v) is 4.48. The van der Waals surface area contributed by atoms with Crippen LogP contribution in [0, 0.1) is 19.8 Å². The van der Waals surface area contributed by atoms with Crippen molar-refractivity contribution in [2.24, 2.45) is 5.92 Å². The molecule has 1 aromatic heterocycles. The van der Waals surface area contributed by atoms with Gasteiger partial charge in [-0.3, -0.25) is 9.69 Å². The summed E-state index contributed by atoms with van der Waals surface area (Å²) in [6.07, 6.45) is 1.74. The van der Waals surface area contributed by atoms with Gasteiger partial charge < -0.3 is 5.11 Å². The molecule has 1 N–H and O–H groups in total. The minimum atomic E-state index is -0.667. The first kappa shape index (κ1) is 16.2. The molecule has 0 radical (unpaired) electrons. The summed E-state index contributed by atoms with van der Waals surface area (Å²) < 4.78 is 0. The Bertz CT molecular complexity index is 694. The fourth-order valence-electron chi connectivity index (χ4n) is 3.44. The van der Waals surface area contributed by atoms with E-state index in [0.29, 0.717) is 6.54 Å². The lowest BCUT2D eigenvalue weighted by atomic mass is 9.94. The maximum Gasteiger partial charge on any atom is 0.307 e. The van der Waals surface area contributed by atoms with Crippen molar-refractivity contribution < 1.29 is 9.90 Å². The summed E-state index contributed by atoms with van der Waals surface area (Å²) in [6.45, 7) is 5.82. The van der Waals surface area contributed by atoms with E-state index in [0.717, 1.165) is 19.4 Å². The smallest absolute Gasteiger partial charge is 0.307 e. The number of aryl methyl sites for hydroxylation is 2. The number of likely N-dealkylation sites (tertiary alicyclic amines) is 1. The Balaban J connectivity index is 1.96. The summed E-state index contributed by atoms with van der Waals surface area (Å²) in [6, 6.07) is 13.1. The third kappa shape index (κ3) is 3.65. The summed E-state index contributed by atoms with van der Waals surface area (Å²) in [5.74, 6) is -0.919. The molecule has 0 aliphatic carbocycles. The maximum absolute atomic E-state index is 11.4. The number of rotatable bonds is 4. The number of carbonyl (C=O) groups is 1. The van der Waals surface area contributed by atoms with Crippen molar-refractivity contribution in [3.05, 3.63) is 57.3 Å². The molecule has 1 aromatic carbocycles. The Morgan fingerprint density at radius 2 is 2.13 bits per heavy atom. The minimum absolute atomic E-state index is 0.163. The predicted molar refractivity (Wildman–Crippen MR) is 94.0 cm³/mol. The highest BCUT2D eigenvalue weighted by Gasteiger charge is 2.31. The van der Waals surface area contributed by atoms with E-state index in [1.807, 2.05) is 11.3 Å². The molecule has 3 nitrogen and oxygen atoms in total. The Kier molecular flexibility index (Phi) is 4.83. The molecule has 4 heteroatoms. The quantitative estimate of drug-likeness (QED) is 0.911. The molecule has 0 amide bonds. The van der Waals surface area contributed by atoms with Gasteiger partial charge in [0.15, 0.2) is 0 Å². The molecule has 3 rings (SSSR count). The first-order valence-corrected chi connectivity index (χ1v) is 8.96. The summed E-state index contributed by atoms with van der Waals surface area (Å²) >= 11 is 1.81. The number of carboxylic acid groups (broad SMARTS) is 1. The molecular weight excluding hydrogens is 306 g/mol. The zero-order valence-electron chi connectivity index (χ0n) is 13.7. The Labute approximate surface area is 141 Å². The van der Waals surface area contributed by atoms with Gasteiger partial charge >= 0.3 is 5.97 Å². The third-order valence-corrected chi connectivity index (χ3v) is 5.61. The molecule has 122 valence electrons. The normalized spacial score (nSPS) is 20.3. The molecule has 0 saturated carbocycles. The van der Waals surface area contributed by atoms with Gasteiger partial charge in [0, 0.05) is 16.3 Å². The Morgan fingerprint density at radius 1 is 1.30 bits per heavy atom. The molecule has 1 fully saturated rings. The summed E-state index contributed by atoms with van der Waals surface area (Å²) in [5.41, 5.74) is 2.51. The van der Waals surface area contributed by atoms with Gasteiger partial charge in [-0.05, 0) is 50.9 Å². The van der Waals surface area contributed by atoms with Crippen LogP contribution in [0.5, 0.6) is 0 Å². The van der Waals surface area contributed by atoms with Crippen molar-refractivity contribution in [3.63, 3.8) is 0 Å². The number of nitrogens with zero attached hydrogens (tertiary/aromatic N) is 1. The molecule has 1 aliphatic rings. The van der Waals surface area contributed by atoms with Crippen molar-refractivity contribution in [1.82, 2.24) is 4.90 Å². The van der Waals surface area contributed by atoms with Gasteiger partial charge in [0.2, 0.25) is 0 Å². The highest BCUT2D eigenvalue weighted by Crippen LogP contribution is 2.36. The first-order valence-electron chi connectivity index (χ1n) is 8.14. The standard InChI is InChI=1S/C19H23NO2S/c1-13-5-3-6-15(11-13)18(17-9-8-14(2)23-17)20-10-4-7-16(12-20)19(21)22/h3,5-6,8-9,11,16,18H,4,7,10,12H2,1-2H3,(H,21,22). The third-order valence-electron chi connectivity index (χ3n) is 4.56. The first-order chi connectivity index (χ1) is 11.0. The summed E-state index contributed by atoms with van der Waals surface area (Å²) in [5, 5.41) is 9.40. The topological polar surface area (TPSA) is 40.5 Å². The molecule has 0 bridgehead atoms. The Hall–Kier alpha value is -1.65. The molecule has 23 heavy (non-hydrogen) atoms. The van der Waals surface area contributed by atoms with Crippen molar-refractivity contribution >= 4 is 17.3 Å². The number of aliphatic carboxylic acids is 1. The zero-order chi connectivity index (χ0) is 16.4. The van der Waals surface area contributed by atoms with Gasteiger partial charge in [0.05, 0.1) is 12.0 Å². The van der Waals surface area contributed by atoms with Gasteiger partial charge in [-0.15, -0.1) is 11.3 Å². The largest absolute Gasteiger partial charge is 0.481 e. The molecule has 1 aliphatic heterocycles. The van der Waals surface area contributed by atoms with E-state index in [2.05, 4.69) is 55.1 Å². The lowest BCUT2D eigenvalue weighted by Gasteiger charge is -2.37. The van der Waals surface area contributed by atoms with Gasteiger partial charge in [0.25, 0.3) is 0 Å².